The van der Waals surface area contributed by atoms with Crippen LogP contribution in [-0.4, -0.2) is 53.5 Å². The molecule has 1 heterocycles. The molecule has 21 heavy (non-hydrogen) atoms. The number of hydrogen-bond acceptors (Lipinski definition) is 3. The van der Waals surface area contributed by atoms with Crippen molar-refractivity contribution in [3.8, 4) is 0 Å². The molecule has 0 atom stereocenters. The third-order valence-electron chi connectivity index (χ3n) is 4.71. The minimum Gasteiger partial charge on any atom is -0.397 e. The van der Waals surface area contributed by atoms with Crippen molar-refractivity contribution >= 4 is 11.6 Å². The van der Waals surface area contributed by atoms with Gasteiger partial charge in [0.15, 0.2) is 0 Å². The van der Waals surface area contributed by atoms with Gasteiger partial charge in [-0.05, 0) is 45.8 Å². The van der Waals surface area contributed by atoms with Gasteiger partial charge in [0, 0.05) is 31.9 Å². The Morgan fingerprint density at radius 2 is 2.05 bits per heavy atom. The Balaban J connectivity index is 2.12. The maximum absolute atomic E-state index is 12.7. The van der Waals surface area contributed by atoms with Crippen LogP contribution in [-0.2, 0) is 6.54 Å². The molecule has 1 aliphatic carbocycles. The number of anilines is 1. The summed E-state index contributed by atoms with van der Waals surface area (Å²) in [6, 6.07) is 1.79. The first-order chi connectivity index (χ1) is 9.89. The number of nitrogens with two attached hydrogens (primary N) is 1. The van der Waals surface area contributed by atoms with E-state index in [4.69, 9.17) is 5.73 Å². The molecule has 5 heteroatoms. The molecule has 0 unspecified atom stereocenters. The van der Waals surface area contributed by atoms with Crippen LogP contribution in [0.15, 0.2) is 12.3 Å². The van der Waals surface area contributed by atoms with Crippen molar-refractivity contribution in [1.29, 1.82) is 0 Å². The Morgan fingerprint density at radius 3 is 2.52 bits per heavy atom. The molecule has 0 aliphatic heterocycles. The number of likely N-dealkylation sites (N-methyl/N-ethyl adjacent to an activating group) is 2. The number of nitrogens with zero attached hydrogens (tertiary/aromatic N) is 3. The summed E-state index contributed by atoms with van der Waals surface area (Å²) in [6.07, 6.45) is 6.42. The molecule has 1 saturated carbocycles. The third-order valence-corrected chi connectivity index (χ3v) is 4.71. The fourth-order valence-corrected chi connectivity index (χ4v) is 3.18. The van der Waals surface area contributed by atoms with Crippen molar-refractivity contribution in [3.63, 3.8) is 0 Å². The fraction of sp³-hybridized carbons (Fsp3) is 0.688. The Bertz CT molecular complexity index is 502. The van der Waals surface area contributed by atoms with Gasteiger partial charge in [-0.2, -0.15) is 0 Å². The number of carbonyl (C=O) groups is 1. The topological polar surface area (TPSA) is 54.5 Å². The number of rotatable bonds is 6. The van der Waals surface area contributed by atoms with Gasteiger partial charge < -0.3 is 20.1 Å². The van der Waals surface area contributed by atoms with Crippen LogP contribution >= 0.6 is 0 Å². The highest BCUT2D eigenvalue weighted by Gasteiger charge is 2.40. The van der Waals surface area contributed by atoms with Crippen LogP contribution in [0.5, 0.6) is 0 Å². The summed E-state index contributed by atoms with van der Waals surface area (Å²) < 4.78 is 1.97. The maximum atomic E-state index is 12.7. The number of nitrogen functional groups attached to an aromatic ring is 1. The van der Waals surface area contributed by atoms with Crippen LogP contribution in [0.25, 0.3) is 0 Å². The highest BCUT2D eigenvalue weighted by molar-refractivity contribution is 5.93. The van der Waals surface area contributed by atoms with Gasteiger partial charge in [0.2, 0.25) is 0 Å². The summed E-state index contributed by atoms with van der Waals surface area (Å²) in [7, 11) is 6.11. The number of hydrogen-bond donors (Lipinski definition) is 1. The molecule has 0 bridgehead atoms. The summed E-state index contributed by atoms with van der Waals surface area (Å²) in [5.74, 6) is 0.0632. The van der Waals surface area contributed by atoms with Gasteiger partial charge in [-0.25, -0.2) is 0 Å². The normalized spacial score (nSPS) is 16.8. The Hall–Kier alpha value is -1.49. The SMILES string of the molecule is CCCn1cc(N)cc1C(=O)N(C)CC1(N(C)C)CCC1. The number of amides is 1. The molecule has 1 aromatic heterocycles. The largest absolute Gasteiger partial charge is 0.397 e. The second kappa shape index (κ2) is 6.10. The van der Waals surface area contributed by atoms with Gasteiger partial charge in [-0.3, -0.25) is 4.79 Å². The van der Waals surface area contributed by atoms with Crippen LogP contribution in [0, 0.1) is 0 Å². The molecule has 2 rings (SSSR count). The summed E-state index contributed by atoms with van der Waals surface area (Å²) in [4.78, 5) is 16.8. The Morgan fingerprint density at radius 1 is 1.38 bits per heavy atom. The molecular formula is C16H28N4O. The van der Waals surface area contributed by atoms with Crippen molar-refractivity contribution in [1.82, 2.24) is 14.4 Å². The van der Waals surface area contributed by atoms with Gasteiger partial charge in [0.05, 0.1) is 5.69 Å². The molecule has 5 nitrogen and oxygen atoms in total. The van der Waals surface area contributed by atoms with Crippen LogP contribution in [0.2, 0.25) is 0 Å². The highest BCUT2D eigenvalue weighted by atomic mass is 16.2. The lowest BCUT2D eigenvalue weighted by atomic mass is 9.75. The van der Waals surface area contributed by atoms with Crippen molar-refractivity contribution in [2.24, 2.45) is 0 Å². The van der Waals surface area contributed by atoms with E-state index in [-0.39, 0.29) is 11.4 Å². The first kappa shape index (κ1) is 15.9. The van der Waals surface area contributed by atoms with E-state index >= 15 is 0 Å². The first-order valence-electron chi connectivity index (χ1n) is 7.78. The van der Waals surface area contributed by atoms with Crippen molar-refractivity contribution < 1.29 is 4.79 Å². The van der Waals surface area contributed by atoms with Gasteiger partial charge in [0.25, 0.3) is 5.91 Å². The molecule has 2 N–H and O–H groups in total. The van der Waals surface area contributed by atoms with Crippen LogP contribution in [0.1, 0.15) is 43.1 Å². The number of aryl methyl sites for hydroxylation is 1. The predicted molar refractivity (Wildman–Crippen MR) is 86.4 cm³/mol. The molecule has 0 saturated heterocycles. The quantitative estimate of drug-likeness (QED) is 0.873. The lowest BCUT2D eigenvalue weighted by Crippen LogP contribution is -2.57. The van der Waals surface area contributed by atoms with Crippen LogP contribution < -0.4 is 5.73 Å². The maximum Gasteiger partial charge on any atom is 0.270 e. The molecule has 0 spiro atoms. The Labute approximate surface area is 127 Å². The van der Waals surface area contributed by atoms with E-state index < -0.39 is 0 Å². The molecule has 0 aromatic carbocycles. The minimum absolute atomic E-state index is 0.0632. The zero-order chi connectivity index (χ0) is 15.6. The van der Waals surface area contributed by atoms with Gasteiger partial charge >= 0.3 is 0 Å². The van der Waals surface area contributed by atoms with E-state index in [0.717, 1.165) is 32.4 Å². The van der Waals surface area contributed by atoms with Gasteiger partial charge in [-0.15, -0.1) is 0 Å². The van der Waals surface area contributed by atoms with Gasteiger partial charge in [0.1, 0.15) is 5.69 Å². The highest BCUT2D eigenvalue weighted by Crippen LogP contribution is 2.36. The summed E-state index contributed by atoms with van der Waals surface area (Å²) >= 11 is 0. The molecule has 1 amide bonds. The predicted octanol–water partition coefficient (Wildman–Crippen LogP) is 2.04. The van der Waals surface area contributed by atoms with E-state index in [2.05, 4.69) is 25.9 Å². The summed E-state index contributed by atoms with van der Waals surface area (Å²) in [6.45, 7) is 3.70. The smallest absolute Gasteiger partial charge is 0.270 e. The molecule has 1 aromatic rings. The van der Waals surface area contributed by atoms with E-state index in [1.165, 1.54) is 6.42 Å². The fourth-order valence-electron chi connectivity index (χ4n) is 3.18. The van der Waals surface area contributed by atoms with Crippen molar-refractivity contribution in [2.45, 2.75) is 44.7 Å². The zero-order valence-corrected chi connectivity index (χ0v) is 13.7. The van der Waals surface area contributed by atoms with Crippen LogP contribution in [0.4, 0.5) is 5.69 Å². The summed E-state index contributed by atoms with van der Waals surface area (Å²) in [5.41, 5.74) is 7.37. The van der Waals surface area contributed by atoms with E-state index in [9.17, 15) is 4.79 Å². The van der Waals surface area contributed by atoms with Gasteiger partial charge in [-0.1, -0.05) is 6.92 Å². The van der Waals surface area contributed by atoms with Crippen molar-refractivity contribution in [2.75, 3.05) is 33.4 Å². The molecule has 0 radical (unpaired) electrons. The molecular weight excluding hydrogens is 264 g/mol. The average Bonchev–Trinajstić information content (AvgIpc) is 2.73. The third kappa shape index (κ3) is 3.07. The average molecular weight is 292 g/mol. The second-order valence-corrected chi connectivity index (χ2v) is 6.49. The van der Waals surface area contributed by atoms with E-state index in [1.54, 1.807) is 6.07 Å². The first-order valence-corrected chi connectivity index (χ1v) is 7.78. The molecule has 1 fully saturated rings. The van der Waals surface area contributed by atoms with Crippen molar-refractivity contribution in [3.05, 3.63) is 18.0 Å². The minimum atomic E-state index is 0.0632. The molecule has 118 valence electrons. The number of carbonyl (C=O) groups excluding carboxylic acids is 1. The number of aromatic nitrogens is 1. The van der Waals surface area contributed by atoms with E-state index in [1.807, 2.05) is 22.7 Å². The second-order valence-electron chi connectivity index (χ2n) is 6.49. The van der Waals surface area contributed by atoms with Crippen LogP contribution in [0.3, 0.4) is 0 Å². The summed E-state index contributed by atoms with van der Waals surface area (Å²) in [5, 5.41) is 0. The molecule has 1 aliphatic rings. The lowest BCUT2D eigenvalue weighted by molar-refractivity contribution is 0.0248. The lowest BCUT2D eigenvalue weighted by Gasteiger charge is -2.49. The monoisotopic (exact) mass is 292 g/mol. The zero-order valence-electron chi connectivity index (χ0n) is 13.7. The Kier molecular flexibility index (Phi) is 4.61. The van der Waals surface area contributed by atoms with E-state index in [0.29, 0.717) is 11.4 Å². The standard InChI is InChI=1S/C16H28N4O/c1-5-9-20-11-13(17)10-14(20)15(21)19(4)12-16(18(2)3)7-6-8-16/h10-11H,5-9,12,17H2,1-4H3.